The predicted octanol–water partition coefficient (Wildman–Crippen LogP) is 1.86. The minimum absolute atomic E-state index is 0.0265. The molecule has 2 N–H and O–H groups in total. The second-order valence-corrected chi connectivity index (χ2v) is 6.01. The quantitative estimate of drug-likeness (QED) is 0.791. The number of aromatic hydroxyl groups is 1. The van der Waals surface area contributed by atoms with E-state index in [1.807, 2.05) is 6.92 Å². The van der Waals surface area contributed by atoms with Crippen molar-refractivity contribution in [1.82, 2.24) is 0 Å². The van der Waals surface area contributed by atoms with Crippen molar-refractivity contribution in [3.05, 3.63) is 23.8 Å². The molecule has 1 aliphatic carbocycles. The minimum Gasteiger partial charge on any atom is -0.506 e. The molecule has 5 heteroatoms. The molecule has 0 radical (unpaired) electrons. The van der Waals surface area contributed by atoms with Crippen LogP contribution < -0.4 is 4.72 Å². The summed E-state index contributed by atoms with van der Waals surface area (Å²) in [5.41, 5.74) is 1.28. The third-order valence-electron chi connectivity index (χ3n) is 2.68. The van der Waals surface area contributed by atoms with Crippen molar-refractivity contribution < 1.29 is 13.5 Å². The molecular weight excluding hydrogens is 226 g/mol. The number of rotatable bonds is 4. The standard InChI is InChI=1S/C11H15NO3S/c1-2-8-3-6-11(13)10(7-8)12-16(14,15)9-4-5-9/h3,6-7,9,12-13H,2,4-5H2,1H3. The molecule has 0 atom stereocenters. The average molecular weight is 241 g/mol. The molecule has 0 unspecified atom stereocenters. The van der Waals surface area contributed by atoms with Gasteiger partial charge in [-0.15, -0.1) is 0 Å². The Bertz CT molecular complexity index is 492. The van der Waals surface area contributed by atoms with Crippen molar-refractivity contribution >= 4 is 15.7 Å². The molecule has 1 aromatic rings. The van der Waals surface area contributed by atoms with Crippen molar-refractivity contribution in [2.45, 2.75) is 31.4 Å². The molecule has 0 amide bonds. The largest absolute Gasteiger partial charge is 0.506 e. The van der Waals surface area contributed by atoms with Gasteiger partial charge < -0.3 is 5.11 Å². The van der Waals surface area contributed by atoms with Gasteiger partial charge in [0.05, 0.1) is 10.9 Å². The number of sulfonamides is 1. The van der Waals surface area contributed by atoms with E-state index < -0.39 is 10.0 Å². The van der Waals surface area contributed by atoms with E-state index in [4.69, 9.17) is 0 Å². The van der Waals surface area contributed by atoms with Gasteiger partial charge in [0.2, 0.25) is 10.0 Å². The van der Waals surface area contributed by atoms with E-state index in [0.717, 1.165) is 12.0 Å². The highest BCUT2D eigenvalue weighted by Gasteiger charge is 2.36. The molecule has 4 nitrogen and oxygen atoms in total. The Kier molecular flexibility index (Phi) is 2.80. The summed E-state index contributed by atoms with van der Waals surface area (Å²) in [7, 11) is -3.30. The number of hydrogen-bond donors (Lipinski definition) is 2. The Balaban J connectivity index is 2.26. The van der Waals surface area contributed by atoms with Gasteiger partial charge in [0.25, 0.3) is 0 Å². The van der Waals surface area contributed by atoms with Crippen molar-refractivity contribution in [3.8, 4) is 5.75 Å². The van der Waals surface area contributed by atoms with Gasteiger partial charge in [-0.05, 0) is 37.0 Å². The van der Waals surface area contributed by atoms with Crippen molar-refractivity contribution in [2.24, 2.45) is 0 Å². The Morgan fingerprint density at radius 2 is 2.12 bits per heavy atom. The molecule has 1 aromatic carbocycles. The van der Waals surface area contributed by atoms with Crippen LogP contribution in [-0.4, -0.2) is 18.8 Å². The first kappa shape index (κ1) is 11.3. The lowest BCUT2D eigenvalue weighted by molar-refractivity contribution is 0.477. The highest BCUT2D eigenvalue weighted by molar-refractivity contribution is 7.93. The molecule has 1 saturated carbocycles. The smallest absolute Gasteiger partial charge is 0.235 e. The van der Waals surface area contributed by atoms with Crippen LogP contribution in [0.5, 0.6) is 5.75 Å². The Labute approximate surface area is 95.4 Å². The van der Waals surface area contributed by atoms with Gasteiger partial charge in [0, 0.05) is 0 Å². The summed E-state index contributed by atoms with van der Waals surface area (Å²) in [6, 6.07) is 4.98. The molecule has 1 aliphatic rings. The molecule has 1 fully saturated rings. The lowest BCUT2D eigenvalue weighted by Crippen LogP contribution is -2.17. The molecule has 0 aromatic heterocycles. The van der Waals surface area contributed by atoms with E-state index in [1.54, 1.807) is 12.1 Å². The normalized spacial score (nSPS) is 16.1. The summed E-state index contributed by atoms with van der Waals surface area (Å²) >= 11 is 0. The molecular formula is C11H15NO3S. The monoisotopic (exact) mass is 241 g/mol. The first-order valence-corrected chi connectivity index (χ1v) is 6.91. The molecule has 0 heterocycles. The van der Waals surface area contributed by atoms with Gasteiger partial charge in [-0.25, -0.2) is 8.42 Å². The Hall–Kier alpha value is -1.23. The van der Waals surface area contributed by atoms with E-state index in [9.17, 15) is 13.5 Å². The molecule has 2 rings (SSSR count). The second kappa shape index (κ2) is 3.97. The molecule has 0 spiro atoms. The van der Waals surface area contributed by atoms with E-state index in [0.29, 0.717) is 12.8 Å². The number of hydrogen-bond acceptors (Lipinski definition) is 3. The van der Waals surface area contributed by atoms with E-state index in [-0.39, 0.29) is 16.7 Å². The van der Waals surface area contributed by atoms with Crippen molar-refractivity contribution in [2.75, 3.05) is 4.72 Å². The number of benzene rings is 1. The lowest BCUT2D eigenvalue weighted by atomic mass is 10.1. The van der Waals surface area contributed by atoms with Crippen molar-refractivity contribution in [1.29, 1.82) is 0 Å². The average Bonchev–Trinajstić information content (AvgIpc) is 3.04. The van der Waals surface area contributed by atoms with Gasteiger partial charge in [0.1, 0.15) is 5.75 Å². The van der Waals surface area contributed by atoms with E-state index in [1.165, 1.54) is 6.07 Å². The fourth-order valence-corrected chi connectivity index (χ4v) is 2.89. The van der Waals surface area contributed by atoms with Crippen LogP contribution in [0, 0.1) is 0 Å². The summed E-state index contributed by atoms with van der Waals surface area (Å²) in [5.74, 6) is -0.0265. The molecule has 16 heavy (non-hydrogen) atoms. The van der Waals surface area contributed by atoms with Gasteiger partial charge >= 0.3 is 0 Å². The van der Waals surface area contributed by atoms with Gasteiger partial charge in [-0.3, -0.25) is 4.72 Å². The maximum atomic E-state index is 11.7. The molecule has 88 valence electrons. The summed E-state index contributed by atoms with van der Waals surface area (Å²) in [6.45, 7) is 1.98. The fraction of sp³-hybridized carbons (Fsp3) is 0.455. The van der Waals surface area contributed by atoms with Crippen LogP contribution in [0.3, 0.4) is 0 Å². The summed E-state index contributed by atoms with van der Waals surface area (Å²) < 4.78 is 25.8. The van der Waals surface area contributed by atoms with Gasteiger partial charge in [-0.2, -0.15) is 0 Å². The predicted molar refractivity (Wildman–Crippen MR) is 63.0 cm³/mol. The highest BCUT2D eigenvalue weighted by Crippen LogP contribution is 2.32. The third-order valence-corrected chi connectivity index (χ3v) is 4.54. The second-order valence-electron chi connectivity index (χ2n) is 4.05. The molecule has 0 bridgehead atoms. The van der Waals surface area contributed by atoms with Crippen LogP contribution in [0.2, 0.25) is 0 Å². The third kappa shape index (κ3) is 2.29. The number of phenols is 1. The molecule has 0 aliphatic heterocycles. The zero-order valence-corrected chi connectivity index (χ0v) is 9.92. The number of aryl methyl sites for hydroxylation is 1. The van der Waals surface area contributed by atoms with Crippen molar-refractivity contribution in [3.63, 3.8) is 0 Å². The number of phenolic OH excluding ortho intramolecular Hbond substituents is 1. The SMILES string of the molecule is CCc1ccc(O)c(NS(=O)(=O)C2CC2)c1. The first-order chi connectivity index (χ1) is 7.53. The highest BCUT2D eigenvalue weighted by atomic mass is 32.2. The van der Waals surface area contributed by atoms with Crippen LogP contribution in [0.15, 0.2) is 18.2 Å². The van der Waals surface area contributed by atoms with Crippen LogP contribution in [0.25, 0.3) is 0 Å². The van der Waals surface area contributed by atoms with E-state index >= 15 is 0 Å². The maximum absolute atomic E-state index is 11.7. The van der Waals surface area contributed by atoms with Gasteiger partial charge in [0.15, 0.2) is 0 Å². The fourth-order valence-electron chi connectivity index (χ4n) is 1.50. The number of anilines is 1. The molecule has 0 saturated heterocycles. The van der Waals surface area contributed by atoms with Crippen LogP contribution >= 0.6 is 0 Å². The van der Waals surface area contributed by atoms with Crippen LogP contribution in [0.4, 0.5) is 5.69 Å². The summed E-state index contributed by atoms with van der Waals surface area (Å²) in [6.07, 6.45) is 2.23. The zero-order chi connectivity index (χ0) is 11.8. The van der Waals surface area contributed by atoms with E-state index in [2.05, 4.69) is 4.72 Å². The topological polar surface area (TPSA) is 66.4 Å². The lowest BCUT2D eigenvalue weighted by Gasteiger charge is -2.10. The Morgan fingerprint density at radius 1 is 1.44 bits per heavy atom. The van der Waals surface area contributed by atoms with Gasteiger partial charge in [-0.1, -0.05) is 13.0 Å². The summed E-state index contributed by atoms with van der Waals surface area (Å²) in [5, 5.41) is 9.29. The summed E-state index contributed by atoms with van der Waals surface area (Å²) in [4.78, 5) is 0. The zero-order valence-electron chi connectivity index (χ0n) is 9.10. The van der Waals surface area contributed by atoms with Crippen LogP contribution in [-0.2, 0) is 16.4 Å². The Morgan fingerprint density at radius 3 is 2.69 bits per heavy atom. The number of nitrogens with one attached hydrogen (secondary N) is 1. The maximum Gasteiger partial charge on any atom is 0.235 e. The first-order valence-electron chi connectivity index (χ1n) is 5.36. The van der Waals surface area contributed by atoms with Crippen LogP contribution in [0.1, 0.15) is 25.3 Å². The minimum atomic E-state index is -3.30.